The SMILES string of the molecule is CCC(C)(C)c1ccc(C(=O)NCC(C)CO)cc1. The van der Waals surface area contributed by atoms with E-state index in [1.54, 1.807) is 0 Å². The molecule has 0 aliphatic heterocycles. The largest absolute Gasteiger partial charge is 0.396 e. The minimum absolute atomic E-state index is 0.0823. The van der Waals surface area contributed by atoms with Crippen LogP contribution < -0.4 is 5.32 Å². The molecule has 1 aromatic rings. The van der Waals surface area contributed by atoms with Crippen molar-refractivity contribution < 1.29 is 9.90 Å². The molecule has 0 saturated heterocycles. The number of carbonyl (C=O) groups excluding carboxylic acids is 1. The highest BCUT2D eigenvalue weighted by Gasteiger charge is 2.18. The molecule has 1 atom stereocenters. The molecule has 0 aliphatic carbocycles. The lowest BCUT2D eigenvalue weighted by atomic mass is 9.82. The van der Waals surface area contributed by atoms with Crippen LogP contribution >= 0.6 is 0 Å². The van der Waals surface area contributed by atoms with E-state index in [0.29, 0.717) is 12.1 Å². The molecule has 106 valence electrons. The van der Waals surface area contributed by atoms with E-state index in [1.165, 1.54) is 5.56 Å². The Morgan fingerprint density at radius 1 is 1.32 bits per heavy atom. The second-order valence-electron chi connectivity index (χ2n) is 5.81. The van der Waals surface area contributed by atoms with E-state index < -0.39 is 0 Å². The molecule has 1 aromatic carbocycles. The summed E-state index contributed by atoms with van der Waals surface area (Å²) in [5.74, 6) is 0.00315. The van der Waals surface area contributed by atoms with Gasteiger partial charge in [-0.25, -0.2) is 0 Å². The van der Waals surface area contributed by atoms with Gasteiger partial charge in [0.2, 0.25) is 0 Å². The number of hydrogen-bond acceptors (Lipinski definition) is 2. The van der Waals surface area contributed by atoms with E-state index in [-0.39, 0.29) is 23.8 Å². The minimum Gasteiger partial charge on any atom is -0.396 e. The van der Waals surface area contributed by atoms with Crippen molar-refractivity contribution in [2.24, 2.45) is 5.92 Å². The van der Waals surface area contributed by atoms with Crippen LogP contribution in [0.25, 0.3) is 0 Å². The quantitative estimate of drug-likeness (QED) is 0.829. The topological polar surface area (TPSA) is 49.3 Å². The van der Waals surface area contributed by atoms with E-state index >= 15 is 0 Å². The van der Waals surface area contributed by atoms with Crippen molar-refractivity contribution in [1.29, 1.82) is 0 Å². The predicted molar refractivity (Wildman–Crippen MR) is 78.3 cm³/mol. The molecule has 19 heavy (non-hydrogen) atoms. The molecule has 0 fully saturated rings. The number of carbonyl (C=O) groups is 1. The van der Waals surface area contributed by atoms with Gasteiger partial charge in [0.1, 0.15) is 0 Å². The van der Waals surface area contributed by atoms with Crippen molar-refractivity contribution >= 4 is 5.91 Å². The van der Waals surface area contributed by atoms with Crippen LogP contribution in [0.4, 0.5) is 0 Å². The van der Waals surface area contributed by atoms with Crippen LogP contribution in [0.15, 0.2) is 24.3 Å². The smallest absolute Gasteiger partial charge is 0.251 e. The van der Waals surface area contributed by atoms with Crippen molar-refractivity contribution in [3.05, 3.63) is 35.4 Å². The van der Waals surface area contributed by atoms with Crippen molar-refractivity contribution in [2.75, 3.05) is 13.2 Å². The summed E-state index contributed by atoms with van der Waals surface area (Å²) in [4.78, 5) is 11.9. The number of aliphatic hydroxyl groups excluding tert-OH is 1. The highest BCUT2D eigenvalue weighted by molar-refractivity contribution is 5.94. The van der Waals surface area contributed by atoms with Crippen molar-refractivity contribution in [2.45, 2.75) is 39.5 Å². The first-order valence-corrected chi connectivity index (χ1v) is 6.90. The highest BCUT2D eigenvalue weighted by Crippen LogP contribution is 2.26. The first-order valence-electron chi connectivity index (χ1n) is 6.90. The average molecular weight is 263 g/mol. The standard InChI is InChI=1S/C16H25NO2/c1-5-16(3,4)14-8-6-13(7-9-14)15(19)17-10-12(2)11-18/h6-9,12,18H,5,10-11H2,1-4H3,(H,17,19). The molecule has 3 heteroatoms. The second kappa shape index (κ2) is 6.71. The maximum atomic E-state index is 11.9. The maximum absolute atomic E-state index is 11.9. The summed E-state index contributed by atoms with van der Waals surface area (Å²) in [6.07, 6.45) is 1.06. The molecule has 3 nitrogen and oxygen atoms in total. The summed E-state index contributed by atoms with van der Waals surface area (Å²) < 4.78 is 0. The van der Waals surface area contributed by atoms with E-state index in [9.17, 15) is 4.79 Å². The second-order valence-corrected chi connectivity index (χ2v) is 5.81. The van der Waals surface area contributed by atoms with E-state index in [4.69, 9.17) is 5.11 Å². The fourth-order valence-electron chi connectivity index (χ4n) is 1.71. The first-order chi connectivity index (χ1) is 8.90. The molecular formula is C16H25NO2. The van der Waals surface area contributed by atoms with Crippen LogP contribution in [-0.4, -0.2) is 24.2 Å². The van der Waals surface area contributed by atoms with Gasteiger partial charge in [0.25, 0.3) is 5.91 Å². The average Bonchev–Trinajstić information content (AvgIpc) is 2.44. The van der Waals surface area contributed by atoms with Crippen molar-refractivity contribution in [3.8, 4) is 0 Å². The molecule has 0 spiro atoms. The molecule has 0 radical (unpaired) electrons. The van der Waals surface area contributed by atoms with Crippen molar-refractivity contribution in [1.82, 2.24) is 5.32 Å². The van der Waals surface area contributed by atoms with Crippen molar-refractivity contribution in [3.63, 3.8) is 0 Å². The monoisotopic (exact) mass is 263 g/mol. The summed E-state index contributed by atoms with van der Waals surface area (Å²) in [5, 5.41) is 11.7. The lowest BCUT2D eigenvalue weighted by Gasteiger charge is -2.23. The Labute approximate surface area is 116 Å². The zero-order valence-corrected chi connectivity index (χ0v) is 12.4. The van der Waals surface area contributed by atoms with Gasteiger partial charge < -0.3 is 10.4 Å². The zero-order valence-electron chi connectivity index (χ0n) is 12.4. The van der Waals surface area contributed by atoms with Crippen LogP contribution in [0.1, 0.15) is 50.0 Å². The van der Waals surface area contributed by atoms with Gasteiger partial charge in [0.05, 0.1) is 0 Å². The third-order valence-electron chi connectivity index (χ3n) is 3.74. The number of rotatable bonds is 6. The third kappa shape index (κ3) is 4.35. The Balaban J connectivity index is 2.68. The van der Waals surface area contributed by atoms with E-state index in [0.717, 1.165) is 6.42 Å². The Morgan fingerprint density at radius 2 is 1.89 bits per heavy atom. The number of amides is 1. The highest BCUT2D eigenvalue weighted by atomic mass is 16.3. The summed E-state index contributed by atoms with van der Waals surface area (Å²) >= 11 is 0. The number of benzene rings is 1. The van der Waals surface area contributed by atoms with Crippen LogP contribution in [0, 0.1) is 5.92 Å². The molecule has 0 bridgehead atoms. The van der Waals surface area contributed by atoms with Gasteiger partial charge in [-0.1, -0.05) is 39.8 Å². The normalized spacial score (nSPS) is 13.1. The van der Waals surface area contributed by atoms with Gasteiger partial charge >= 0.3 is 0 Å². The molecular weight excluding hydrogens is 238 g/mol. The van der Waals surface area contributed by atoms with Crippen LogP contribution in [0.3, 0.4) is 0 Å². The minimum atomic E-state index is -0.0823. The first kappa shape index (κ1) is 15.7. The van der Waals surface area contributed by atoms with E-state index in [1.807, 2.05) is 31.2 Å². The Bertz CT molecular complexity index is 409. The molecule has 0 aliphatic rings. The van der Waals surface area contributed by atoms with Crippen LogP contribution in [0.5, 0.6) is 0 Å². The molecule has 1 rings (SSSR count). The number of nitrogens with one attached hydrogen (secondary N) is 1. The van der Waals surface area contributed by atoms with Crippen LogP contribution in [-0.2, 0) is 5.41 Å². The fourth-order valence-corrected chi connectivity index (χ4v) is 1.71. The Morgan fingerprint density at radius 3 is 2.37 bits per heavy atom. The van der Waals surface area contributed by atoms with E-state index in [2.05, 4.69) is 26.1 Å². The van der Waals surface area contributed by atoms with Gasteiger partial charge in [-0.05, 0) is 35.4 Å². The Hall–Kier alpha value is -1.35. The van der Waals surface area contributed by atoms with Gasteiger partial charge in [-0.2, -0.15) is 0 Å². The summed E-state index contributed by atoms with van der Waals surface area (Å²) in [7, 11) is 0. The van der Waals surface area contributed by atoms with Gasteiger partial charge in [-0.15, -0.1) is 0 Å². The molecule has 0 heterocycles. The summed E-state index contributed by atoms with van der Waals surface area (Å²) in [5.41, 5.74) is 2.05. The molecule has 1 unspecified atom stereocenters. The zero-order chi connectivity index (χ0) is 14.5. The third-order valence-corrected chi connectivity index (χ3v) is 3.74. The van der Waals surface area contributed by atoms with Gasteiger partial charge in [-0.3, -0.25) is 4.79 Å². The van der Waals surface area contributed by atoms with Gasteiger partial charge in [0, 0.05) is 18.7 Å². The molecule has 0 saturated carbocycles. The van der Waals surface area contributed by atoms with Gasteiger partial charge in [0.15, 0.2) is 0 Å². The molecule has 1 amide bonds. The molecule has 2 N–H and O–H groups in total. The predicted octanol–water partition coefficient (Wildman–Crippen LogP) is 2.73. The number of aliphatic hydroxyl groups is 1. The maximum Gasteiger partial charge on any atom is 0.251 e. The lowest BCUT2D eigenvalue weighted by molar-refractivity contribution is 0.0942. The number of hydrogen-bond donors (Lipinski definition) is 2. The van der Waals surface area contributed by atoms with Crippen LogP contribution in [0.2, 0.25) is 0 Å². The fraction of sp³-hybridized carbons (Fsp3) is 0.562. The Kier molecular flexibility index (Phi) is 5.55. The molecule has 0 aromatic heterocycles. The summed E-state index contributed by atoms with van der Waals surface area (Å²) in [6.45, 7) is 9.04. The lowest BCUT2D eigenvalue weighted by Crippen LogP contribution is -2.29. The summed E-state index contributed by atoms with van der Waals surface area (Å²) in [6, 6.07) is 7.78.